The molecule has 32 heavy (non-hydrogen) atoms. The summed E-state index contributed by atoms with van der Waals surface area (Å²) < 4.78 is 7.10. The number of benzene rings is 3. The summed E-state index contributed by atoms with van der Waals surface area (Å²) >= 11 is 2.87. The number of carboxylic acids is 1. The number of hydrogen-bond acceptors (Lipinski definition) is 5. The van der Waals surface area contributed by atoms with E-state index in [0.717, 1.165) is 26.6 Å². The van der Waals surface area contributed by atoms with Crippen LogP contribution in [0.15, 0.2) is 94.6 Å². The standard InChI is InChI=1S/C25H21NO4S2/c27-22(28)17-30-20-12-7-13-21(16-20)31-15-14-26-23(18-8-3-1-4-9-18)24(32-25(26)29)19-10-5-2-6-11-19/h1-13,16H,14-15,17H2,(H,27,28). The van der Waals surface area contributed by atoms with Crippen molar-refractivity contribution >= 4 is 29.1 Å². The maximum atomic E-state index is 12.9. The van der Waals surface area contributed by atoms with Crippen molar-refractivity contribution < 1.29 is 14.6 Å². The first-order valence-electron chi connectivity index (χ1n) is 10.0. The number of ether oxygens (including phenoxy) is 1. The Morgan fingerprint density at radius 3 is 2.31 bits per heavy atom. The molecule has 0 unspecified atom stereocenters. The molecule has 0 saturated heterocycles. The van der Waals surface area contributed by atoms with Crippen molar-refractivity contribution in [3.05, 3.63) is 94.6 Å². The van der Waals surface area contributed by atoms with Crippen molar-refractivity contribution in [3.63, 3.8) is 0 Å². The summed E-state index contributed by atoms with van der Waals surface area (Å²) in [6.07, 6.45) is 0. The van der Waals surface area contributed by atoms with Gasteiger partial charge in [0.25, 0.3) is 0 Å². The third-order valence-electron chi connectivity index (χ3n) is 4.73. The highest BCUT2D eigenvalue weighted by atomic mass is 32.2. The number of nitrogens with zero attached hydrogens (tertiary/aromatic N) is 1. The number of rotatable bonds is 9. The van der Waals surface area contributed by atoms with Gasteiger partial charge in [0.1, 0.15) is 5.75 Å². The van der Waals surface area contributed by atoms with Gasteiger partial charge < -0.3 is 9.84 Å². The van der Waals surface area contributed by atoms with Crippen LogP contribution in [-0.2, 0) is 11.3 Å². The van der Waals surface area contributed by atoms with Crippen molar-refractivity contribution in [1.29, 1.82) is 0 Å². The lowest BCUT2D eigenvalue weighted by atomic mass is 10.1. The largest absolute Gasteiger partial charge is 0.482 e. The second kappa shape index (κ2) is 10.3. The molecule has 0 spiro atoms. The summed E-state index contributed by atoms with van der Waals surface area (Å²) in [6.45, 7) is 0.179. The smallest absolute Gasteiger partial charge is 0.341 e. The molecule has 162 valence electrons. The van der Waals surface area contributed by atoms with E-state index < -0.39 is 5.97 Å². The molecule has 0 radical (unpaired) electrons. The molecule has 3 aromatic carbocycles. The van der Waals surface area contributed by atoms with E-state index in [-0.39, 0.29) is 11.5 Å². The van der Waals surface area contributed by atoms with Gasteiger partial charge in [-0.1, -0.05) is 78.1 Å². The van der Waals surface area contributed by atoms with Gasteiger partial charge in [-0.2, -0.15) is 0 Å². The Bertz CT molecular complexity index is 1250. The predicted molar refractivity (Wildman–Crippen MR) is 130 cm³/mol. The van der Waals surface area contributed by atoms with Gasteiger partial charge in [0, 0.05) is 17.2 Å². The zero-order valence-corrected chi connectivity index (χ0v) is 18.8. The first kappa shape index (κ1) is 21.9. The normalized spacial score (nSPS) is 10.8. The minimum absolute atomic E-state index is 0.0156. The third kappa shape index (κ3) is 5.30. The Balaban J connectivity index is 1.57. The van der Waals surface area contributed by atoms with Gasteiger partial charge in [0.05, 0.1) is 10.6 Å². The summed E-state index contributed by atoms with van der Waals surface area (Å²) in [5.74, 6) is 0.191. The molecule has 0 bridgehead atoms. The van der Waals surface area contributed by atoms with Gasteiger partial charge in [0.2, 0.25) is 0 Å². The molecule has 1 aromatic heterocycles. The minimum atomic E-state index is -1.01. The topological polar surface area (TPSA) is 68.5 Å². The Labute approximate surface area is 193 Å². The Kier molecular flexibility index (Phi) is 7.09. The number of carbonyl (C=O) groups is 1. The molecular weight excluding hydrogens is 442 g/mol. The highest BCUT2D eigenvalue weighted by molar-refractivity contribution is 7.99. The Hall–Kier alpha value is -3.29. The molecule has 7 heteroatoms. The van der Waals surface area contributed by atoms with Crippen molar-refractivity contribution in [2.24, 2.45) is 0 Å². The van der Waals surface area contributed by atoms with Crippen LogP contribution in [-0.4, -0.2) is 28.0 Å². The molecule has 0 aliphatic rings. The molecule has 0 aliphatic heterocycles. The average Bonchev–Trinajstić information content (AvgIpc) is 3.15. The number of thioether (sulfide) groups is 1. The number of carboxylic acid groups (broad SMARTS) is 1. The van der Waals surface area contributed by atoms with E-state index in [4.69, 9.17) is 9.84 Å². The quantitative estimate of drug-likeness (QED) is 0.332. The number of aromatic nitrogens is 1. The van der Waals surface area contributed by atoms with Crippen LogP contribution in [0.5, 0.6) is 5.75 Å². The van der Waals surface area contributed by atoms with Crippen LogP contribution in [0.3, 0.4) is 0 Å². The van der Waals surface area contributed by atoms with Crippen molar-refractivity contribution in [2.45, 2.75) is 11.4 Å². The Morgan fingerprint density at radius 1 is 0.938 bits per heavy atom. The highest BCUT2D eigenvalue weighted by Gasteiger charge is 2.17. The summed E-state index contributed by atoms with van der Waals surface area (Å²) in [5, 5.41) is 8.78. The molecule has 0 atom stereocenters. The van der Waals surface area contributed by atoms with Gasteiger partial charge in [-0.25, -0.2) is 4.79 Å². The number of aliphatic carboxylic acids is 1. The molecule has 1 N–H and O–H groups in total. The SMILES string of the molecule is O=C(O)COc1cccc(SCCn2c(-c3ccccc3)c(-c3ccccc3)sc2=O)c1. The van der Waals surface area contributed by atoms with Crippen LogP contribution in [0.2, 0.25) is 0 Å². The molecule has 0 aliphatic carbocycles. The maximum Gasteiger partial charge on any atom is 0.341 e. The summed E-state index contributed by atoms with van der Waals surface area (Å²) in [4.78, 5) is 25.6. The summed E-state index contributed by atoms with van der Waals surface area (Å²) in [5.41, 5.74) is 2.98. The van der Waals surface area contributed by atoms with Crippen LogP contribution < -0.4 is 9.61 Å². The highest BCUT2D eigenvalue weighted by Crippen LogP contribution is 2.35. The van der Waals surface area contributed by atoms with Crippen molar-refractivity contribution in [2.75, 3.05) is 12.4 Å². The van der Waals surface area contributed by atoms with Crippen LogP contribution in [0.1, 0.15) is 0 Å². The van der Waals surface area contributed by atoms with E-state index in [1.54, 1.807) is 17.8 Å². The number of hydrogen-bond donors (Lipinski definition) is 1. The van der Waals surface area contributed by atoms with Gasteiger partial charge in [0.15, 0.2) is 6.61 Å². The molecule has 5 nitrogen and oxygen atoms in total. The first-order chi connectivity index (χ1) is 15.6. The lowest BCUT2D eigenvalue weighted by molar-refractivity contribution is -0.139. The fourth-order valence-corrected chi connectivity index (χ4v) is 5.26. The fourth-order valence-electron chi connectivity index (χ4n) is 3.33. The molecule has 1 heterocycles. The molecule has 0 amide bonds. The molecule has 4 rings (SSSR count). The van der Waals surface area contributed by atoms with E-state index in [9.17, 15) is 9.59 Å². The van der Waals surface area contributed by atoms with Crippen LogP contribution >= 0.6 is 23.1 Å². The molecule has 0 fully saturated rings. The predicted octanol–water partition coefficient (Wildman–Crippen LogP) is 5.50. The third-order valence-corrected chi connectivity index (χ3v) is 6.73. The molecule has 4 aromatic rings. The monoisotopic (exact) mass is 463 g/mol. The second-order valence-corrected chi connectivity index (χ2v) is 9.07. The Morgan fingerprint density at radius 2 is 1.62 bits per heavy atom. The minimum Gasteiger partial charge on any atom is -0.482 e. The van der Waals surface area contributed by atoms with Gasteiger partial charge in [-0.15, -0.1) is 11.8 Å². The first-order valence-corrected chi connectivity index (χ1v) is 11.8. The molecule has 0 saturated carbocycles. The lowest BCUT2D eigenvalue weighted by Crippen LogP contribution is -2.15. The van der Waals surface area contributed by atoms with E-state index in [1.165, 1.54) is 11.3 Å². The summed E-state index contributed by atoms with van der Waals surface area (Å²) in [7, 11) is 0. The van der Waals surface area contributed by atoms with Gasteiger partial charge in [-0.05, 0) is 29.3 Å². The van der Waals surface area contributed by atoms with Gasteiger partial charge >= 0.3 is 10.8 Å². The van der Waals surface area contributed by atoms with Crippen LogP contribution in [0.25, 0.3) is 21.7 Å². The van der Waals surface area contributed by atoms with Gasteiger partial charge in [-0.3, -0.25) is 9.36 Å². The zero-order valence-electron chi connectivity index (χ0n) is 17.1. The molecular formula is C25H21NO4S2. The summed E-state index contributed by atoms with van der Waals surface area (Å²) in [6, 6.07) is 27.3. The fraction of sp³-hybridized carbons (Fsp3) is 0.120. The van der Waals surface area contributed by atoms with Crippen LogP contribution in [0.4, 0.5) is 0 Å². The van der Waals surface area contributed by atoms with Crippen molar-refractivity contribution in [3.8, 4) is 27.4 Å². The second-order valence-electron chi connectivity index (χ2n) is 6.94. The maximum absolute atomic E-state index is 12.9. The van der Waals surface area contributed by atoms with E-state index >= 15 is 0 Å². The zero-order chi connectivity index (χ0) is 22.3. The average molecular weight is 464 g/mol. The van der Waals surface area contributed by atoms with E-state index in [1.807, 2.05) is 83.4 Å². The lowest BCUT2D eigenvalue weighted by Gasteiger charge is -2.11. The van der Waals surface area contributed by atoms with Crippen LogP contribution in [0, 0.1) is 0 Å². The van der Waals surface area contributed by atoms with Crippen molar-refractivity contribution in [1.82, 2.24) is 4.57 Å². The van der Waals surface area contributed by atoms with E-state index in [2.05, 4.69) is 0 Å². The van der Waals surface area contributed by atoms with E-state index in [0.29, 0.717) is 18.0 Å². The number of thiazole rings is 1.